The van der Waals surface area contributed by atoms with Crippen molar-refractivity contribution in [2.24, 2.45) is 16.7 Å². The molecule has 2 fully saturated rings. The summed E-state index contributed by atoms with van der Waals surface area (Å²) in [6, 6.07) is 0. The van der Waals surface area contributed by atoms with Crippen molar-refractivity contribution < 1.29 is 4.79 Å². The molecule has 0 spiro atoms. The average molecular weight is 178 g/mol. The van der Waals surface area contributed by atoms with Gasteiger partial charge in [-0.15, -0.1) is 0 Å². The molecule has 13 heavy (non-hydrogen) atoms. The number of hydrogen-bond acceptors (Lipinski definition) is 1. The van der Waals surface area contributed by atoms with Gasteiger partial charge in [-0.2, -0.15) is 0 Å². The smallest absolute Gasteiger partial charge is 0.165 e. The fourth-order valence-corrected chi connectivity index (χ4v) is 3.26. The molecule has 2 aliphatic rings. The van der Waals surface area contributed by atoms with Gasteiger partial charge in [0.2, 0.25) is 0 Å². The first-order valence-electron chi connectivity index (χ1n) is 5.16. The summed E-state index contributed by atoms with van der Waals surface area (Å²) in [7, 11) is 0. The highest BCUT2D eigenvalue weighted by molar-refractivity contribution is 6.04. The monoisotopic (exact) mass is 178 g/mol. The predicted octanol–water partition coefficient (Wildman–Crippen LogP) is 2.96. The van der Waals surface area contributed by atoms with E-state index < -0.39 is 0 Å². The molecular weight excluding hydrogens is 160 g/mol. The van der Waals surface area contributed by atoms with Crippen LogP contribution in [0.2, 0.25) is 0 Å². The van der Waals surface area contributed by atoms with E-state index >= 15 is 0 Å². The third-order valence-corrected chi connectivity index (χ3v) is 4.68. The Hall–Kier alpha value is -0.590. The molecule has 2 aliphatic carbocycles. The fraction of sp³-hybridized carbons (Fsp3) is 0.750. The number of allylic oxidation sites excluding steroid dienone is 2. The maximum atomic E-state index is 12.1. The highest BCUT2D eigenvalue weighted by Crippen LogP contribution is 2.65. The van der Waals surface area contributed by atoms with Crippen LogP contribution in [0.5, 0.6) is 0 Å². The Labute approximate surface area is 80.2 Å². The molecular formula is C12H18O. The van der Waals surface area contributed by atoms with Crippen LogP contribution in [0.25, 0.3) is 0 Å². The minimum absolute atomic E-state index is 0.0699. The number of Topliss-reactive ketones (excluding diaryl/α,β-unsaturated/α-hetero) is 1. The first kappa shape index (κ1) is 8.98. The normalized spacial score (nSPS) is 44.8. The highest BCUT2D eigenvalue weighted by Gasteiger charge is 2.63. The molecule has 0 unspecified atom stereocenters. The van der Waals surface area contributed by atoms with Gasteiger partial charge in [0, 0.05) is 5.41 Å². The fourth-order valence-electron chi connectivity index (χ4n) is 3.26. The molecule has 2 atom stereocenters. The zero-order valence-electron chi connectivity index (χ0n) is 8.98. The molecule has 0 radical (unpaired) electrons. The molecule has 72 valence electrons. The van der Waals surface area contributed by atoms with Gasteiger partial charge in [0.1, 0.15) is 0 Å². The summed E-state index contributed by atoms with van der Waals surface area (Å²) in [6.45, 7) is 8.64. The minimum Gasteiger partial charge on any atom is -0.294 e. The molecule has 2 rings (SSSR count). The predicted molar refractivity (Wildman–Crippen MR) is 53.4 cm³/mol. The number of hydrogen-bond donors (Lipinski definition) is 0. The summed E-state index contributed by atoms with van der Waals surface area (Å²) < 4.78 is 0. The van der Waals surface area contributed by atoms with Gasteiger partial charge in [0.25, 0.3) is 0 Å². The summed E-state index contributed by atoms with van der Waals surface area (Å²) in [5.74, 6) is 0.936. The quantitative estimate of drug-likeness (QED) is 0.521. The molecule has 1 nitrogen and oxygen atoms in total. The van der Waals surface area contributed by atoms with E-state index in [9.17, 15) is 4.79 Å². The summed E-state index contributed by atoms with van der Waals surface area (Å²) >= 11 is 0. The zero-order valence-corrected chi connectivity index (χ0v) is 8.98. The van der Waals surface area contributed by atoms with Crippen molar-refractivity contribution in [2.45, 2.75) is 40.5 Å². The second kappa shape index (κ2) is 2.26. The van der Waals surface area contributed by atoms with E-state index in [1.54, 1.807) is 0 Å². The lowest BCUT2D eigenvalue weighted by Gasteiger charge is -2.31. The maximum Gasteiger partial charge on any atom is 0.165 e. The van der Waals surface area contributed by atoms with Gasteiger partial charge in [0.05, 0.1) is 0 Å². The van der Waals surface area contributed by atoms with Crippen LogP contribution >= 0.6 is 0 Å². The van der Waals surface area contributed by atoms with Crippen molar-refractivity contribution in [3.05, 3.63) is 11.6 Å². The Morgan fingerprint density at radius 3 is 2.31 bits per heavy atom. The van der Waals surface area contributed by atoms with Gasteiger partial charge in [-0.3, -0.25) is 4.79 Å². The molecule has 0 aromatic heterocycles. The van der Waals surface area contributed by atoms with Gasteiger partial charge in [-0.1, -0.05) is 26.8 Å². The summed E-state index contributed by atoms with van der Waals surface area (Å²) in [5.41, 5.74) is 1.21. The van der Waals surface area contributed by atoms with E-state index in [0.717, 1.165) is 12.0 Å². The minimum atomic E-state index is -0.0699. The third-order valence-electron chi connectivity index (χ3n) is 4.68. The lowest BCUT2D eigenvalue weighted by atomic mass is 9.70. The molecule has 0 aliphatic heterocycles. The first-order valence-corrected chi connectivity index (χ1v) is 5.16. The Bertz CT molecular complexity index is 298. The van der Waals surface area contributed by atoms with E-state index in [0.29, 0.717) is 11.7 Å². The van der Waals surface area contributed by atoms with Crippen molar-refractivity contribution in [3.63, 3.8) is 0 Å². The molecule has 2 bridgehead atoms. The second-order valence-corrected chi connectivity index (χ2v) is 5.22. The number of fused-ring (bicyclic) bond motifs is 2. The van der Waals surface area contributed by atoms with E-state index in [1.165, 1.54) is 6.42 Å². The number of carbonyl (C=O) groups excluding carboxylic acids is 1. The first-order chi connectivity index (χ1) is 5.95. The van der Waals surface area contributed by atoms with Gasteiger partial charge >= 0.3 is 0 Å². The van der Waals surface area contributed by atoms with Gasteiger partial charge in [-0.05, 0) is 36.7 Å². The lowest BCUT2D eigenvalue weighted by Crippen LogP contribution is -2.32. The Balaban J connectivity index is 2.57. The van der Waals surface area contributed by atoms with E-state index in [-0.39, 0.29) is 10.8 Å². The molecule has 1 heteroatoms. The molecule has 0 N–H and O–H groups in total. The van der Waals surface area contributed by atoms with Crippen molar-refractivity contribution in [2.75, 3.05) is 0 Å². The largest absolute Gasteiger partial charge is 0.294 e. The van der Waals surface area contributed by atoms with Crippen LogP contribution in [0.3, 0.4) is 0 Å². The van der Waals surface area contributed by atoms with Crippen molar-refractivity contribution >= 4 is 5.78 Å². The van der Waals surface area contributed by atoms with Crippen LogP contribution in [-0.2, 0) is 4.79 Å². The van der Waals surface area contributed by atoms with Crippen LogP contribution in [0.15, 0.2) is 11.6 Å². The number of rotatable bonds is 0. The van der Waals surface area contributed by atoms with Gasteiger partial charge in [-0.25, -0.2) is 0 Å². The van der Waals surface area contributed by atoms with Crippen LogP contribution in [0.1, 0.15) is 40.5 Å². The van der Waals surface area contributed by atoms with Crippen LogP contribution < -0.4 is 0 Å². The van der Waals surface area contributed by atoms with Crippen molar-refractivity contribution in [1.29, 1.82) is 0 Å². The van der Waals surface area contributed by atoms with Crippen molar-refractivity contribution in [1.82, 2.24) is 0 Å². The topological polar surface area (TPSA) is 17.1 Å². The van der Waals surface area contributed by atoms with E-state index in [4.69, 9.17) is 0 Å². The summed E-state index contributed by atoms with van der Waals surface area (Å²) in [6.07, 6.45) is 4.31. The number of ketones is 1. The van der Waals surface area contributed by atoms with Gasteiger partial charge < -0.3 is 0 Å². The zero-order chi connectivity index (χ0) is 9.85. The number of carbonyl (C=O) groups is 1. The SMILES string of the molecule is C/C=C1\C(=O)[C@@]2(C)CC[C@H]1C2(C)C. The standard InChI is InChI=1S/C12H18O/c1-5-8-9-6-7-12(4,10(8)13)11(9,2)3/h5,9H,6-7H2,1-4H3/b8-5-/t9-,12-/m1/s1. The van der Waals surface area contributed by atoms with E-state index in [1.807, 2.05) is 13.0 Å². The van der Waals surface area contributed by atoms with Crippen molar-refractivity contribution in [3.8, 4) is 0 Å². The molecule has 0 heterocycles. The summed E-state index contributed by atoms with van der Waals surface area (Å²) in [5, 5.41) is 0. The van der Waals surface area contributed by atoms with Crippen LogP contribution in [0, 0.1) is 16.7 Å². The Morgan fingerprint density at radius 1 is 1.38 bits per heavy atom. The maximum absolute atomic E-state index is 12.1. The molecule has 0 saturated heterocycles. The van der Waals surface area contributed by atoms with Crippen LogP contribution in [-0.4, -0.2) is 5.78 Å². The summed E-state index contributed by atoms with van der Waals surface area (Å²) in [4.78, 5) is 12.1. The average Bonchev–Trinajstić information content (AvgIpc) is 2.36. The molecule has 0 aromatic rings. The Kier molecular flexibility index (Phi) is 1.56. The van der Waals surface area contributed by atoms with E-state index in [2.05, 4.69) is 20.8 Å². The third kappa shape index (κ3) is 0.762. The molecule has 0 amide bonds. The van der Waals surface area contributed by atoms with Crippen LogP contribution in [0.4, 0.5) is 0 Å². The second-order valence-electron chi connectivity index (χ2n) is 5.22. The molecule has 0 aromatic carbocycles. The molecule has 2 saturated carbocycles. The lowest BCUT2D eigenvalue weighted by molar-refractivity contribution is -0.125. The highest BCUT2D eigenvalue weighted by atomic mass is 16.1. The van der Waals surface area contributed by atoms with Gasteiger partial charge in [0.15, 0.2) is 5.78 Å². The Morgan fingerprint density at radius 2 is 2.00 bits per heavy atom.